The Bertz CT molecular complexity index is 1250. The number of aliphatic hydroxyl groups is 1. The molecule has 12 heteroatoms. The third-order valence-corrected chi connectivity index (χ3v) is 7.10. The van der Waals surface area contributed by atoms with E-state index in [2.05, 4.69) is 16.1 Å². The van der Waals surface area contributed by atoms with Crippen LogP contribution in [0.25, 0.3) is 0 Å². The topological polar surface area (TPSA) is 150 Å². The zero-order chi connectivity index (χ0) is 32.4. The van der Waals surface area contributed by atoms with Gasteiger partial charge < -0.3 is 25.2 Å². The van der Waals surface area contributed by atoms with E-state index in [1.54, 1.807) is 29.3 Å². The lowest BCUT2D eigenvalue weighted by atomic mass is 9.85. The molecule has 0 saturated carbocycles. The van der Waals surface area contributed by atoms with Crippen LogP contribution in [0.3, 0.4) is 0 Å². The Morgan fingerprint density at radius 3 is 2.20 bits per heavy atom. The van der Waals surface area contributed by atoms with Crippen molar-refractivity contribution in [3.8, 4) is 0 Å². The first-order chi connectivity index (χ1) is 20.8. The molecule has 0 bridgehead atoms. The number of para-hydroxylation sites is 1. The van der Waals surface area contributed by atoms with Crippen LogP contribution in [0.2, 0.25) is 0 Å². The molecular formula is C32H45N5O7. The highest BCUT2D eigenvalue weighted by Crippen LogP contribution is 2.22. The summed E-state index contributed by atoms with van der Waals surface area (Å²) in [7, 11) is 1.22. The Hall–Kier alpha value is -4.16. The number of alkyl carbamates (subject to hydrolysis) is 1. The van der Waals surface area contributed by atoms with Gasteiger partial charge in [-0.3, -0.25) is 19.9 Å². The average Bonchev–Trinajstić information content (AvgIpc) is 3.37. The van der Waals surface area contributed by atoms with Crippen molar-refractivity contribution < 1.29 is 33.8 Å². The Balaban J connectivity index is 1.76. The molecular weight excluding hydrogens is 566 g/mol. The number of anilines is 1. The fourth-order valence-corrected chi connectivity index (χ4v) is 4.88. The highest BCUT2D eigenvalue weighted by molar-refractivity contribution is 5.95. The van der Waals surface area contributed by atoms with Crippen LogP contribution >= 0.6 is 0 Å². The Kier molecular flexibility index (Phi) is 12.1. The Morgan fingerprint density at radius 1 is 1.02 bits per heavy atom. The molecule has 240 valence electrons. The number of amides is 4. The number of methoxy groups -OCH3 is 1. The standard InChI is InChI=1S/C32H45N5O7/c1-21(2)18-36(35-28(39)26-20-37(31(42)44-26)23-15-11-8-12-16-23)19-25(38)24(17-22-13-9-7-10-14-22)33-29(40)27(32(3,4)5)34-30(41)43-6/h7-16,21,24-27,38H,17-20H2,1-6H3,(H,33,40)(H,34,41)(H,35,39)/t24-,25-,26+,27+/m0/s1. The molecule has 44 heavy (non-hydrogen) atoms. The second-order valence-electron chi connectivity index (χ2n) is 12.4. The lowest BCUT2D eigenvalue weighted by Crippen LogP contribution is -2.59. The monoisotopic (exact) mass is 611 g/mol. The summed E-state index contributed by atoms with van der Waals surface area (Å²) in [6, 6.07) is 16.6. The molecule has 0 unspecified atom stereocenters. The van der Waals surface area contributed by atoms with Crippen molar-refractivity contribution in [2.75, 3.05) is 31.6 Å². The molecule has 3 rings (SSSR count). The second kappa shape index (κ2) is 15.5. The molecule has 0 aromatic heterocycles. The smallest absolute Gasteiger partial charge is 0.415 e. The highest BCUT2D eigenvalue weighted by Gasteiger charge is 2.39. The molecule has 0 spiro atoms. The molecule has 1 heterocycles. The van der Waals surface area contributed by atoms with Gasteiger partial charge in [0.25, 0.3) is 5.91 Å². The van der Waals surface area contributed by atoms with Gasteiger partial charge in [0, 0.05) is 18.8 Å². The van der Waals surface area contributed by atoms with Crippen LogP contribution in [0.15, 0.2) is 60.7 Å². The van der Waals surface area contributed by atoms with E-state index in [1.807, 2.05) is 71.0 Å². The normalized spacial score (nSPS) is 17.1. The lowest BCUT2D eigenvalue weighted by Gasteiger charge is -2.34. The van der Waals surface area contributed by atoms with Crippen LogP contribution in [0.5, 0.6) is 0 Å². The number of carbonyl (C=O) groups excluding carboxylic acids is 4. The Labute approximate surface area is 259 Å². The van der Waals surface area contributed by atoms with Gasteiger partial charge in [0.1, 0.15) is 6.04 Å². The number of rotatable bonds is 13. The third-order valence-electron chi connectivity index (χ3n) is 7.10. The summed E-state index contributed by atoms with van der Waals surface area (Å²) in [5.41, 5.74) is 3.65. The molecule has 2 aromatic rings. The van der Waals surface area contributed by atoms with Gasteiger partial charge in [0.2, 0.25) is 12.0 Å². The largest absolute Gasteiger partial charge is 0.453 e. The summed E-state index contributed by atoms with van der Waals surface area (Å²) in [6.45, 7) is 9.75. The molecule has 1 fully saturated rings. The molecule has 4 atom stereocenters. The van der Waals surface area contributed by atoms with Crippen molar-refractivity contribution in [1.82, 2.24) is 21.1 Å². The fraction of sp³-hybridized carbons (Fsp3) is 0.500. The van der Waals surface area contributed by atoms with Crippen LogP contribution < -0.4 is 21.0 Å². The van der Waals surface area contributed by atoms with E-state index in [0.29, 0.717) is 18.7 Å². The first-order valence-electron chi connectivity index (χ1n) is 14.7. The van der Waals surface area contributed by atoms with Crippen LogP contribution in [-0.4, -0.2) is 85.2 Å². The van der Waals surface area contributed by atoms with Crippen LogP contribution in [0.4, 0.5) is 15.3 Å². The Morgan fingerprint density at radius 2 is 1.64 bits per heavy atom. The zero-order valence-corrected chi connectivity index (χ0v) is 26.3. The molecule has 0 aliphatic carbocycles. The molecule has 2 aromatic carbocycles. The zero-order valence-electron chi connectivity index (χ0n) is 26.3. The van der Waals surface area contributed by atoms with E-state index in [4.69, 9.17) is 9.47 Å². The van der Waals surface area contributed by atoms with Crippen molar-refractivity contribution in [2.24, 2.45) is 11.3 Å². The van der Waals surface area contributed by atoms with Crippen molar-refractivity contribution in [3.05, 3.63) is 66.2 Å². The van der Waals surface area contributed by atoms with Crippen molar-refractivity contribution in [3.63, 3.8) is 0 Å². The molecule has 0 radical (unpaired) electrons. The number of carbonyl (C=O) groups is 4. The highest BCUT2D eigenvalue weighted by atomic mass is 16.6. The van der Waals surface area contributed by atoms with Gasteiger partial charge in [-0.15, -0.1) is 0 Å². The van der Waals surface area contributed by atoms with E-state index in [-0.39, 0.29) is 19.0 Å². The van der Waals surface area contributed by atoms with E-state index in [1.165, 1.54) is 12.0 Å². The average molecular weight is 612 g/mol. The van der Waals surface area contributed by atoms with E-state index in [0.717, 1.165) is 5.56 Å². The predicted octanol–water partition coefficient (Wildman–Crippen LogP) is 2.86. The van der Waals surface area contributed by atoms with E-state index < -0.39 is 53.7 Å². The number of nitrogens with zero attached hydrogens (tertiary/aromatic N) is 2. The molecule has 1 aliphatic heterocycles. The minimum Gasteiger partial charge on any atom is -0.453 e. The van der Waals surface area contributed by atoms with Crippen molar-refractivity contribution in [2.45, 2.75) is 65.3 Å². The number of hydrazine groups is 1. The minimum atomic E-state index is -1.14. The van der Waals surface area contributed by atoms with Gasteiger partial charge >= 0.3 is 12.2 Å². The SMILES string of the molecule is COC(=O)N[C@H](C(=O)N[C@@H](Cc1ccccc1)[C@@H](O)CN(CC(C)C)NC(=O)[C@H]1CN(c2ccccc2)C(=O)O1)C(C)(C)C. The first-order valence-corrected chi connectivity index (χ1v) is 14.7. The fourth-order valence-electron chi connectivity index (χ4n) is 4.88. The minimum absolute atomic E-state index is 0.0324. The summed E-state index contributed by atoms with van der Waals surface area (Å²) in [4.78, 5) is 52.7. The molecule has 4 amide bonds. The number of ether oxygens (including phenoxy) is 2. The molecule has 4 N–H and O–H groups in total. The number of nitrogens with one attached hydrogen (secondary N) is 3. The third kappa shape index (κ3) is 9.95. The maximum absolute atomic E-state index is 13.5. The van der Waals surface area contributed by atoms with Gasteiger partial charge in [-0.05, 0) is 35.4 Å². The van der Waals surface area contributed by atoms with Crippen molar-refractivity contribution >= 4 is 29.7 Å². The lowest BCUT2D eigenvalue weighted by molar-refractivity contribution is -0.134. The number of cyclic esters (lactones) is 1. The molecule has 12 nitrogen and oxygen atoms in total. The van der Waals surface area contributed by atoms with Gasteiger partial charge in [0.05, 0.1) is 25.8 Å². The number of benzene rings is 2. The summed E-state index contributed by atoms with van der Waals surface area (Å²) in [5, 5.41) is 18.6. The van der Waals surface area contributed by atoms with Crippen molar-refractivity contribution in [1.29, 1.82) is 0 Å². The number of hydrogen-bond donors (Lipinski definition) is 4. The van der Waals surface area contributed by atoms with Gasteiger partial charge in [-0.25, -0.2) is 14.6 Å². The van der Waals surface area contributed by atoms with E-state index >= 15 is 0 Å². The first kappa shape index (κ1) is 34.3. The van der Waals surface area contributed by atoms with Gasteiger partial charge in [-0.2, -0.15) is 0 Å². The number of aliphatic hydroxyl groups excluding tert-OH is 1. The summed E-state index contributed by atoms with van der Waals surface area (Å²) in [5.74, 6) is -0.907. The van der Waals surface area contributed by atoms with Gasteiger partial charge in [-0.1, -0.05) is 83.1 Å². The van der Waals surface area contributed by atoms with Gasteiger partial charge in [0.15, 0.2) is 0 Å². The maximum atomic E-state index is 13.5. The summed E-state index contributed by atoms with van der Waals surface area (Å²) in [6.07, 6.45) is -3.26. The molecule has 1 aliphatic rings. The van der Waals surface area contributed by atoms with Crippen LogP contribution in [-0.2, 0) is 25.5 Å². The predicted molar refractivity (Wildman–Crippen MR) is 165 cm³/mol. The van der Waals surface area contributed by atoms with E-state index in [9.17, 15) is 24.3 Å². The second-order valence-corrected chi connectivity index (χ2v) is 12.4. The van der Waals surface area contributed by atoms with Crippen LogP contribution in [0.1, 0.15) is 40.2 Å². The molecule has 1 saturated heterocycles. The van der Waals surface area contributed by atoms with Crippen LogP contribution in [0, 0.1) is 11.3 Å². The number of hydrogen-bond acceptors (Lipinski definition) is 8. The quantitative estimate of drug-likeness (QED) is 0.253. The summed E-state index contributed by atoms with van der Waals surface area (Å²) >= 11 is 0. The summed E-state index contributed by atoms with van der Waals surface area (Å²) < 4.78 is 10.1. The maximum Gasteiger partial charge on any atom is 0.415 e.